The number of hydrogen-bond acceptors (Lipinski definition) is 4. The number of rotatable bonds is 5. The van der Waals surface area contributed by atoms with Gasteiger partial charge < -0.3 is 15.3 Å². The van der Waals surface area contributed by atoms with E-state index in [0.717, 1.165) is 24.4 Å². The largest absolute Gasteiger partial charge is 0.478 e. The van der Waals surface area contributed by atoms with Gasteiger partial charge in [-0.2, -0.15) is 4.73 Å². The second-order valence-electron chi connectivity index (χ2n) is 4.33. The van der Waals surface area contributed by atoms with Gasteiger partial charge in [-0.3, -0.25) is 9.59 Å². The molecule has 0 unspecified atom stereocenters. The number of carbonyl (C=O) groups is 2. The van der Waals surface area contributed by atoms with Crippen LogP contribution in [0.3, 0.4) is 0 Å². The predicted octanol–water partition coefficient (Wildman–Crippen LogP) is 1.41. The summed E-state index contributed by atoms with van der Waals surface area (Å²) >= 11 is 5.59. The highest BCUT2D eigenvalue weighted by atomic mass is 35.5. The number of carboxylic acids is 1. The van der Waals surface area contributed by atoms with E-state index >= 15 is 0 Å². The Bertz CT molecular complexity index is 821. The van der Waals surface area contributed by atoms with Crippen molar-refractivity contribution in [2.75, 3.05) is 11.9 Å². The van der Waals surface area contributed by atoms with E-state index in [1.807, 2.05) is 0 Å². The van der Waals surface area contributed by atoms with Crippen molar-refractivity contribution in [3.63, 3.8) is 0 Å². The number of nitrogens with zero attached hydrogens (tertiary/aromatic N) is 1. The van der Waals surface area contributed by atoms with Gasteiger partial charge in [0, 0.05) is 11.1 Å². The molecule has 2 aromatic rings. The number of amides is 1. The number of carbonyl (C=O) groups excluding carboxylic acids is 1. The Morgan fingerprint density at radius 2 is 2.04 bits per heavy atom. The molecule has 9 heteroatoms. The van der Waals surface area contributed by atoms with E-state index < -0.39 is 29.9 Å². The van der Waals surface area contributed by atoms with Gasteiger partial charge >= 0.3 is 5.97 Å². The summed E-state index contributed by atoms with van der Waals surface area (Å²) < 4.78 is 14.1. The van der Waals surface area contributed by atoms with Crippen LogP contribution in [0.2, 0.25) is 5.02 Å². The Morgan fingerprint density at radius 1 is 1.30 bits per heavy atom. The molecule has 0 fully saturated rings. The number of anilines is 1. The summed E-state index contributed by atoms with van der Waals surface area (Å²) in [6.45, 7) is -0.620. The van der Waals surface area contributed by atoms with Crippen LogP contribution >= 0.6 is 11.6 Å². The molecule has 1 heterocycles. The molecule has 0 aliphatic heterocycles. The summed E-state index contributed by atoms with van der Waals surface area (Å²) in [7, 11) is 0. The minimum Gasteiger partial charge on any atom is -0.478 e. The number of nitrogens with one attached hydrogen (secondary N) is 1. The lowest BCUT2D eigenvalue weighted by Crippen LogP contribution is -2.32. The van der Waals surface area contributed by atoms with Crippen LogP contribution in [0.15, 0.2) is 41.3 Å². The molecule has 1 amide bonds. The average molecular weight is 341 g/mol. The SMILES string of the molecule is O=C(COn1cc(C(=O)O)ccc1=O)Nc1ccc(Cl)cc1F. The monoisotopic (exact) mass is 340 g/mol. The van der Waals surface area contributed by atoms with Crippen LogP contribution in [0.25, 0.3) is 0 Å². The lowest BCUT2D eigenvalue weighted by molar-refractivity contribution is -0.121. The number of aromatic carboxylic acids is 1. The Labute approximate surface area is 133 Å². The van der Waals surface area contributed by atoms with Gasteiger partial charge in [0.2, 0.25) is 0 Å². The third-order valence-corrected chi connectivity index (χ3v) is 2.90. The Kier molecular flexibility index (Phi) is 4.97. The Morgan fingerprint density at radius 3 is 2.70 bits per heavy atom. The van der Waals surface area contributed by atoms with Gasteiger partial charge in [-0.05, 0) is 24.3 Å². The zero-order valence-electron chi connectivity index (χ0n) is 11.5. The topological polar surface area (TPSA) is 97.6 Å². The highest BCUT2D eigenvalue weighted by molar-refractivity contribution is 6.30. The van der Waals surface area contributed by atoms with Gasteiger partial charge in [0.1, 0.15) is 5.82 Å². The number of halogens is 2. The van der Waals surface area contributed by atoms with Crippen molar-refractivity contribution in [1.29, 1.82) is 0 Å². The van der Waals surface area contributed by atoms with E-state index in [9.17, 15) is 18.8 Å². The van der Waals surface area contributed by atoms with Crippen LogP contribution in [0.1, 0.15) is 10.4 Å². The zero-order valence-corrected chi connectivity index (χ0v) is 12.2. The third-order valence-electron chi connectivity index (χ3n) is 2.67. The summed E-state index contributed by atoms with van der Waals surface area (Å²) in [5.41, 5.74) is -0.941. The van der Waals surface area contributed by atoms with Crippen molar-refractivity contribution in [2.24, 2.45) is 0 Å². The average Bonchev–Trinajstić information content (AvgIpc) is 2.49. The van der Waals surface area contributed by atoms with Gasteiger partial charge in [-0.15, -0.1) is 0 Å². The number of aromatic nitrogens is 1. The van der Waals surface area contributed by atoms with Crippen molar-refractivity contribution in [2.45, 2.75) is 0 Å². The minimum absolute atomic E-state index is 0.102. The van der Waals surface area contributed by atoms with E-state index in [-0.39, 0.29) is 16.3 Å². The minimum atomic E-state index is -1.25. The van der Waals surface area contributed by atoms with E-state index in [2.05, 4.69) is 5.32 Å². The van der Waals surface area contributed by atoms with Crippen LogP contribution in [-0.2, 0) is 4.79 Å². The number of benzene rings is 1. The molecular formula is C14H10ClFN2O5. The highest BCUT2D eigenvalue weighted by Gasteiger charge is 2.10. The number of hydrogen-bond donors (Lipinski definition) is 2. The summed E-state index contributed by atoms with van der Waals surface area (Å²) in [5, 5.41) is 11.2. The number of carboxylic acid groups (broad SMARTS) is 1. The van der Waals surface area contributed by atoms with Crippen LogP contribution in [-0.4, -0.2) is 28.3 Å². The van der Waals surface area contributed by atoms with Crippen LogP contribution in [0.4, 0.5) is 10.1 Å². The maximum atomic E-state index is 13.5. The maximum absolute atomic E-state index is 13.5. The van der Waals surface area contributed by atoms with Crippen molar-refractivity contribution in [1.82, 2.24) is 4.73 Å². The molecule has 0 saturated heterocycles. The molecule has 120 valence electrons. The smallest absolute Gasteiger partial charge is 0.337 e. The van der Waals surface area contributed by atoms with E-state index in [0.29, 0.717) is 4.73 Å². The molecule has 7 nitrogen and oxygen atoms in total. The first-order valence-corrected chi connectivity index (χ1v) is 6.59. The molecule has 2 N–H and O–H groups in total. The Hall–Kier alpha value is -2.87. The Balaban J connectivity index is 2.03. The van der Waals surface area contributed by atoms with Crippen molar-refractivity contribution in [3.8, 4) is 0 Å². The summed E-state index contributed by atoms with van der Waals surface area (Å²) in [6, 6.07) is 5.78. The molecule has 0 saturated carbocycles. The van der Waals surface area contributed by atoms with Gasteiger partial charge in [0.15, 0.2) is 6.61 Å². The van der Waals surface area contributed by atoms with Gasteiger partial charge in [-0.25, -0.2) is 9.18 Å². The standard InChI is InChI=1S/C14H10ClFN2O5/c15-9-2-3-11(10(16)5-9)17-12(19)7-23-18-6-8(14(21)22)1-4-13(18)20/h1-6H,7H2,(H,17,19)(H,21,22). The first-order chi connectivity index (χ1) is 10.9. The summed E-state index contributed by atoms with van der Waals surface area (Å²) in [5.74, 6) is -2.72. The van der Waals surface area contributed by atoms with Crippen molar-refractivity contribution in [3.05, 3.63) is 63.3 Å². The second-order valence-corrected chi connectivity index (χ2v) is 4.77. The molecule has 0 atom stereocenters. The normalized spacial score (nSPS) is 10.2. The fourth-order valence-electron chi connectivity index (χ4n) is 1.60. The lowest BCUT2D eigenvalue weighted by atomic mass is 10.3. The van der Waals surface area contributed by atoms with Gasteiger partial charge in [0.25, 0.3) is 11.5 Å². The number of pyridine rings is 1. The zero-order chi connectivity index (χ0) is 17.0. The molecule has 23 heavy (non-hydrogen) atoms. The van der Waals surface area contributed by atoms with E-state index in [1.54, 1.807) is 0 Å². The molecule has 0 radical (unpaired) electrons. The lowest BCUT2D eigenvalue weighted by Gasteiger charge is -2.10. The second kappa shape index (κ2) is 6.93. The van der Waals surface area contributed by atoms with Crippen LogP contribution < -0.4 is 15.7 Å². The third kappa shape index (κ3) is 4.30. The summed E-state index contributed by atoms with van der Waals surface area (Å²) in [4.78, 5) is 38.9. The van der Waals surface area contributed by atoms with Gasteiger partial charge in [-0.1, -0.05) is 11.6 Å². The molecule has 1 aromatic carbocycles. The van der Waals surface area contributed by atoms with E-state index in [4.69, 9.17) is 21.5 Å². The molecule has 0 bridgehead atoms. The highest BCUT2D eigenvalue weighted by Crippen LogP contribution is 2.18. The molecule has 2 rings (SSSR count). The van der Waals surface area contributed by atoms with Crippen LogP contribution in [0, 0.1) is 5.82 Å². The maximum Gasteiger partial charge on any atom is 0.337 e. The van der Waals surface area contributed by atoms with Crippen LogP contribution in [0.5, 0.6) is 0 Å². The molecule has 0 aliphatic rings. The fraction of sp³-hybridized carbons (Fsp3) is 0.0714. The molecular weight excluding hydrogens is 331 g/mol. The predicted molar refractivity (Wildman–Crippen MR) is 79.1 cm³/mol. The molecule has 0 aliphatic carbocycles. The molecule has 1 aromatic heterocycles. The molecule has 0 spiro atoms. The quantitative estimate of drug-likeness (QED) is 0.857. The van der Waals surface area contributed by atoms with Crippen molar-refractivity contribution < 1.29 is 23.9 Å². The fourth-order valence-corrected chi connectivity index (χ4v) is 1.76. The van der Waals surface area contributed by atoms with E-state index in [1.165, 1.54) is 12.1 Å². The summed E-state index contributed by atoms with van der Waals surface area (Å²) in [6.07, 6.45) is 0.931. The van der Waals surface area contributed by atoms with Gasteiger partial charge in [0.05, 0.1) is 17.4 Å². The first-order valence-electron chi connectivity index (χ1n) is 6.21. The van der Waals surface area contributed by atoms with Crippen molar-refractivity contribution >= 4 is 29.2 Å². The first kappa shape index (κ1) is 16.5.